The Morgan fingerprint density at radius 2 is 1.57 bits per heavy atom. The number of hydrogen-bond donors (Lipinski definition) is 0. The second-order valence-electron chi connectivity index (χ2n) is 7.11. The van der Waals surface area contributed by atoms with E-state index in [0.717, 1.165) is 0 Å². The van der Waals surface area contributed by atoms with E-state index in [1.54, 1.807) is 0 Å². The average molecular weight is 329 g/mol. The minimum atomic E-state index is -0.657. The standard InChI is InChI=1S/C16H27NO6/c1-15(2,3)21-11-9-16(4,5)22-10-8-14(20)23-17-12(18)6-7-13(17)19/h6-11H2,1-5H3. The Labute approximate surface area is 137 Å². The Balaban J connectivity index is 2.25. The molecule has 0 bridgehead atoms. The minimum absolute atomic E-state index is 0.0272. The van der Waals surface area contributed by atoms with Crippen LogP contribution in [0.25, 0.3) is 0 Å². The second kappa shape index (κ2) is 7.88. The lowest BCUT2D eigenvalue weighted by Gasteiger charge is -2.27. The Morgan fingerprint density at radius 1 is 1.00 bits per heavy atom. The maximum absolute atomic E-state index is 11.6. The van der Waals surface area contributed by atoms with Gasteiger partial charge in [-0.1, -0.05) is 0 Å². The van der Waals surface area contributed by atoms with Gasteiger partial charge in [-0.3, -0.25) is 9.59 Å². The highest BCUT2D eigenvalue weighted by Crippen LogP contribution is 2.18. The van der Waals surface area contributed by atoms with Gasteiger partial charge >= 0.3 is 5.97 Å². The summed E-state index contributed by atoms with van der Waals surface area (Å²) in [6.45, 7) is 10.5. The summed E-state index contributed by atoms with van der Waals surface area (Å²) < 4.78 is 11.3. The van der Waals surface area contributed by atoms with Crippen molar-refractivity contribution in [2.75, 3.05) is 13.2 Å². The van der Waals surface area contributed by atoms with Crippen LogP contribution < -0.4 is 0 Å². The molecule has 1 saturated heterocycles. The smallest absolute Gasteiger partial charge is 0.335 e. The summed E-state index contributed by atoms with van der Waals surface area (Å²) in [5.41, 5.74) is -0.639. The molecule has 0 unspecified atom stereocenters. The monoisotopic (exact) mass is 329 g/mol. The maximum Gasteiger partial charge on any atom is 0.335 e. The zero-order chi connectivity index (χ0) is 17.7. The number of nitrogens with zero attached hydrogens (tertiary/aromatic N) is 1. The van der Waals surface area contributed by atoms with Crippen molar-refractivity contribution in [2.45, 2.75) is 71.5 Å². The molecule has 0 spiro atoms. The molecule has 132 valence electrons. The predicted molar refractivity (Wildman–Crippen MR) is 82.1 cm³/mol. The topological polar surface area (TPSA) is 82.1 Å². The van der Waals surface area contributed by atoms with E-state index in [0.29, 0.717) is 18.1 Å². The zero-order valence-corrected chi connectivity index (χ0v) is 14.6. The molecule has 0 radical (unpaired) electrons. The maximum atomic E-state index is 11.6. The molecule has 0 saturated carbocycles. The van der Waals surface area contributed by atoms with Gasteiger partial charge in [-0.15, -0.1) is 5.06 Å². The number of carbonyl (C=O) groups is 3. The van der Waals surface area contributed by atoms with Crippen molar-refractivity contribution in [2.24, 2.45) is 0 Å². The van der Waals surface area contributed by atoms with Crippen LogP contribution in [-0.4, -0.2) is 47.3 Å². The molecule has 2 amide bonds. The first-order chi connectivity index (χ1) is 10.5. The van der Waals surface area contributed by atoms with E-state index in [1.807, 2.05) is 34.6 Å². The van der Waals surface area contributed by atoms with E-state index in [-0.39, 0.29) is 31.5 Å². The van der Waals surface area contributed by atoms with Gasteiger partial charge < -0.3 is 14.3 Å². The summed E-state index contributed by atoms with van der Waals surface area (Å²) in [6, 6.07) is 0. The van der Waals surface area contributed by atoms with E-state index in [1.165, 1.54) is 0 Å². The van der Waals surface area contributed by atoms with Crippen LogP contribution in [0.3, 0.4) is 0 Å². The van der Waals surface area contributed by atoms with Gasteiger partial charge in [0.25, 0.3) is 11.8 Å². The number of imide groups is 1. The molecule has 0 aromatic carbocycles. The fourth-order valence-electron chi connectivity index (χ4n) is 1.89. The fourth-order valence-corrected chi connectivity index (χ4v) is 1.89. The van der Waals surface area contributed by atoms with E-state index in [2.05, 4.69) is 0 Å². The van der Waals surface area contributed by atoms with Gasteiger partial charge in [-0.2, -0.15) is 0 Å². The number of carbonyl (C=O) groups excluding carboxylic acids is 3. The molecule has 0 aliphatic carbocycles. The first kappa shape index (κ1) is 19.6. The van der Waals surface area contributed by atoms with Crippen LogP contribution in [0.15, 0.2) is 0 Å². The van der Waals surface area contributed by atoms with Crippen LogP contribution in [0.5, 0.6) is 0 Å². The van der Waals surface area contributed by atoms with Crippen LogP contribution in [0, 0.1) is 0 Å². The highest BCUT2D eigenvalue weighted by atomic mass is 16.7. The molecule has 1 heterocycles. The first-order valence-electron chi connectivity index (χ1n) is 7.85. The molecule has 1 aliphatic rings. The van der Waals surface area contributed by atoms with Gasteiger partial charge in [-0.05, 0) is 41.0 Å². The third kappa shape index (κ3) is 7.56. The fraction of sp³-hybridized carbons (Fsp3) is 0.812. The van der Waals surface area contributed by atoms with Gasteiger partial charge in [-0.25, -0.2) is 4.79 Å². The van der Waals surface area contributed by atoms with Crippen LogP contribution in [0.4, 0.5) is 0 Å². The molecular weight excluding hydrogens is 302 g/mol. The predicted octanol–water partition coefficient (Wildman–Crippen LogP) is 1.98. The molecule has 0 N–H and O–H groups in total. The molecule has 0 atom stereocenters. The van der Waals surface area contributed by atoms with Crippen molar-refractivity contribution < 1.29 is 28.7 Å². The van der Waals surface area contributed by atoms with E-state index in [4.69, 9.17) is 14.3 Å². The lowest BCUT2D eigenvalue weighted by atomic mass is 10.1. The number of hydroxylamine groups is 2. The van der Waals surface area contributed by atoms with Gasteiger partial charge in [0.1, 0.15) is 0 Å². The van der Waals surface area contributed by atoms with Crippen LogP contribution >= 0.6 is 0 Å². The quantitative estimate of drug-likeness (QED) is 0.633. The normalized spacial score (nSPS) is 16.1. The van der Waals surface area contributed by atoms with E-state index >= 15 is 0 Å². The van der Waals surface area contributed by atoms with Crippen molar-refractivity contribution in [1.29, 1.82) is 0 Å². The summed E-state index contributed by atoms with van der Waals surface area (Å²) in [4.78, 5) is 39.1. The summed E-state index contributed by atoms with van der Waals surface area (Å²) >= 11 is 0. The summed E-state index contributed by atoms with van der Waals surface area (Å²) in [6.07, 6.45) is 0.829. The van der Waals surface area contributed by atoms with Crippen LogP contribution in [-0.2, 0) is 28.7 Å². The highest BCUT2D eigenvalue weighted by Gasteiger charge is 2.32. The van der Waals surface area contributed by atoms with Crippen LogP contribution in [0.2, 0.25) is 0 Å². The molecule has 1 aliphatic heterocycles. The first-order valence-corrected chi connectivity index (χ1v) is 7.85. The second-order valence-corrected chi connectivity index (χ2v) is 7.11. The van der Waals surface area contributed by atoms with Crippen LogP contribution in [0.1, 0.15) is 60.3 Å². The van der Waals surface area contributed by atoms with Crippen molar-refractivity contribution in [1.82, 2.24) is 5.06 Å². The molecule has 1 fully saturated rings. The van der Waals surface area contributed by atoms with Gasteiger partial charge in [0.15, 0.2) is 0 Å². The Hall–Kier alpha value is -1.47. The highest BCUT2D eigenvalue weighted by molar-refractivity contribution is 6.01. The molecule has 0 aromatic heterocycles. The summed E-state index contributed by atoms with van der Waals surface area (Å²) in [5, 5.41) is 0.546. The third-order valence-electron chi connectivity index (χ3n) is 3.24. The summed E-state index contributed by atoms with van der Waals surface area (Å²) in [7, 11) is 0. The largest absolute Gasteiger partial charge is 0.376 e. The zero-order valence-electron chi connectivity index (χ0n) is 14.6. The van der Waals surface area contributed by atoms with Crippen molar-refractivity contribution >= 4 is 17.8 Å². The number of ether oxygens (including phenoxy) is 2. The lowest BCUT2D eigenvalue weighted by molar-refractivity contribution is -0.198. The Bertz CT molecular complexity index is 436. The molecular formula is C16H27NO6. The van der Waals surface area contributed by atoms with Crippen molar-refractivity contribution in [3.63, 3.8) is 0 Å². The molecule has 7 nitrogen and oxygen atoms in total. The van der Waals surface area contributed by atoms with Gasteiger partial charge in [0, 0.05) is 19.4 Å². The Morgan fingerprint density at radius 3 is 2.09 bits per heavy atom. The molecule has 7 heteroatoms. The SMILES string of the molecule is CC(C)(C)OCCC(C)(C)OCCC(=O)ON1C(=O)CCC1=O. The Kier molecular flexibility index (Phi) is 6.70. The molecule has 23 heavy (non-hydrogen) atoms. The average Bonchev–Trinajstić information content (AvgIpc) is 2.68. The van der Waals surface area contributed by atoms with E-state index in [9.17, 15) is 14.4 Å². The van der Waals surface area contributed by atoms with Gasteiger partial charge in [0.2, 0.25) is 0 Å². The van der Waals surface area contributed by atoms with Gasteiger partial charge in [0.05, 0.1) is 24.2 Å². The number of hydrogen-bond acceptors (Lipinski definition) is 6. The third-order valence-corrected chi connectivity index (χ3v) is 3.24. The number of rotatable bonds is 8. The van der Waals surface area contributed by atoms with Crippen molar-refractivity contribution in [3.05, 3.63) is 0 Å². The summed E-state index contributed by atoms with van der Waals surface area (Å²) in [5.74, 6) is -1.62. The van der Waals surface area contributed by atoms with E-state index < -0.39 is 23.4 Å². The minimum Gasteiger partial charge on any atom is -0.376 e. The molecule has 0 aromatic rings. The number of amides is 2. The molecule has 1 rings (SSSR count). The lowest BCUT2D eigenvalue weighted by Crippen LogP contribution is -2.33. The van der Waals surface area contributed by atoms with Crippen molar-refractivity contribution in [3.8, 4) is 0 Å².